The molecule has 5 nitrogen and oxygen atoms in total. The Morgan fingerprint density at radius 3 is 2.55 bits per heavy atom. The average molecular weight is 427 g/mol. The van der Waals surface area contributed by atoms with Crippen LogP contribution < -0.4 is 10.1 Å². The molecule has 0 fully saturated rings. The van der Waals surface area contributed by atoms with Gasteiger partial charge < -0.3 is 15.0 Å². The molecule has 29 heavy (non-hydrogen) atoms. The first-order valence-electron chi connectivity index (χ1n) is 9.15. The van der Waals surface area contributed by atoms with Crippen LogP contribution in [0.15, 0.2) is 54.7 Å². The number of hydrogen-bond acceptors (Lipinski definition) is 4. The molecule has 0 aliphatic heterocycles. The number of aromatic nitrogens is 3. The second-order valence-corrected chi connectivity index (χ2v) is 8.51. The molecule has 0 saturated heterocycles. The van der Waals surface area contributed by atoms with Crippen LogP contribution in [0.4, 0.5) is 11.6 Å². The van der Waals surface area contributed by atoms with Crippen molar-refractivity contribution in [2.75, 3.05) is 5.32 Å². The van der Waals surface area contributed by atoms with Gasteiger partial charge in [0, 0.05) is 11.8 Å². The van der Waals surface area contributed by atoms with E-state index in [1.54, 1.807) is 18.3 Å². The normalized spacial score (nSPS) is 11.6. The molecule has 148 valence electrons. The highest BCUT2D eigenvalue weighted by Crippen LogP contribution is 2.36. The Hall–Kier alpha value is -2.76. The zero-order valence-corrected chi connectivity index (χ0v) is 17.8. The summed E-state index contributed by atoms with van der Waals surface area (Å²) in [6.07, 6.45) is 1.69. The SMILES string of the molecule is CC(C)(C)c1ccccc1Oc1ncccc1Nc1nc2cc(Cl)c(Cl)cc2[nH]1. The Morgan fingerprint density at radius 1 is 1.00 bits per heavy atom. The maximum atomic E-state index is 6.19. The highest BCUT2D eigenvalue weighted by Gasteiger charge is 2.20. The highest BCUT2D eigenvalue weighted by atomic mass is 35.5. The molecule has 2 N–H and O–H groups in total. The molecule has 0 bridgehead atoms. The van der Waals surface area contributed by atoms with Crippen LogP contribution in [0.3, 0.4) is 0 Å². The van der Waals surface area contributed by atoms with Crippen molar-refractivity contribution in [3.05, 3.63) is 70.3 Å². The predicted molar refractivity (Wildman–Crippen MR) is 119 cm³/mol. The number of nitrogens with one attached hydrogen (secondary N) is 2. The van der Waals surface area contributed by atoms with Gasteiger partial charge >= 0.3 is 0 Å². The minimum absolute atomic E-state index is 0.0593. The summed E-state index contributed by atoms with van der Waals surface area (Å²) in [5, 5.41) is 4.17. The zero-order valence-electron chi connectivity index (χ0n) is 16.3. The number of imidazole rings is 1. The van der Waals surface area contributed by atoms with Crippen molar-refractivity contribution < 1.29 is 4.74 Å². The van der Waals surface area contributed by atoms with Gasteiger partial charge in [0.2, 0.25) is 11.8 Å². The third kappa shape index (κ3) is 4.16. The summed E-state index contributed by atoms with van der Waals surface area (Å²) in [6, 6.07) is 15.2. The molecule has 0 aliphatic carbocycles. The fourth-order valence-corrected chi connectivity index (χ4v) is 3.36. The molecule has 0 amide bonds. The molecule has 7 heteroatoms. The molecule has 0 spiro atoms. The van der Waals surface area contributed by atoms with Gasteiger partial charge in [-0.25, -0.2) is 9.97 Å². The van der Waals surface area contributed by atoms with Crippen molar-refractivity contribution in [3.63, 3.8) is 0 Å². The molecule has 2 heterocycles. The molecule has 0 unspecified atom stereocenters. The molecule has 0 radical (unpaired) electrons. The monoisotopic (exact) mass is 426 g/mol. The summed E-state index contributed by atoms with van der Waals surface area (Å²) in [6.45, 7) is 6.45. The molecule has 0 atom stereocenters. The number of aromatic amines is 1. The minimum atomic E-state index is -0.0593. The smallest absolute Gasteiger partial charge is 0.243 e. The topological polar surface area (TPSA) is 62.8 Å². The van der Waals surface area contributed by atoms with Crippen molar-refractivity contribution in [3.8, 4) is 11.6 Å². The van der Waals surface area contributed by atoms with E-state index >= 15 is 0 Å². The van der Waals surface area contributed by atoms with Gasteiger partial charge in [-0.05, 0) is 35.7 Å². The summed E-state index contributed by atoms with van der Waals surface area (Å²) in [7, 11) is 0. The van der Waals surface area contributed by atoms with Gasteiger partial charge in [0.1, 0.15) is 11.4 Å². The standard InChI is InChI=1S/C22H20Cl2N4O/c1-22(2,3)13-7-4-5-9-19(13)29-20-16(8-6-10-25-20)26-21-27-17-11-14(23)15(24)12-18(17)28-21/h4-12H,1-3H3,(H2,26,27,28). The van der Waals surface area contributed by atoms with Gasteiger partial charge in [-0.3, -0.25) is 0 Å². The Kier molecular flexibility index (Phi) is 5.11. The molecule has 0 aliphatic rings. The number of halogens is 2. The van der Waals surface area contributed by atoms with Crippen molar-refractivity contribution in [1.29, 1.82) is 0 Å². The zero-order chi connectivity index (χ0) is 20.6. The van der Waals surface area contributed by atoms with Crippen molar-refractivity contribution in [2.45, 2.75) is 26.2 Å². The molecule has 2 aromatic heterocycles. The quantitative estimate of drug-likeness (QED) is 0.365. The third-order valence-corrected chi connectivity index (χ3v) is 5.17. The van der Waals surface area contributed by atoms with E-state index in [0.29, 0.717) is 33.1 Å². The van der Waals surface area contributed by atoms with Gasteiger partial charge in [-0.1, -0.05) is 62.2 Å². The molecular weight excluding hydrogens is 407 g/mol. The van der Waals surface area contributed by atoms with E-state index in [0.717, 1.165) is 16.8 Å². The van der Waals surface area contributed by atoms with E-state index in [1.165, 1.54) is 0 Å². The second kappa shape index (κ2) is 7.58. The van der Waals surface area contributed by atoms with Gasteiger partial charge in [0.05, 0.1) is 21.1 Å². The lowest BCUT2D eigenvalue weighted by molar-refractivity contribution is 0.442. The van der Waals surface area contributed by atoms with E-state index in [2.05, 4.69) is 47.1 Å². The van der Waals surface area contributed by atoms with E-state index in [9.17, 15) is 0 Å². The van der Waals surface area contributed by atoms with Gasteiger partial charge in [0.25, 0.3) is 0 Å². The molecule has 0 saturated carbocycles. The van der Waals surface area contributed by atoms with Crippen LogP contribution in [0.1, 0.15) is 26.3 Å². The first kappa shape index (κ1) is 19.6. The summed E-state index contributed by atoms with van der Waals surface area (Å²) >= 11 is 12.2. The lowest BCUT2D eigenvalue weighted by Crippen LogP contribution is -2.12. The summed E-state index contributed by atoms with van der Waals surface area (Å²) < 4.78 is 6.19. The minimum Gasteiger partial charge on any atom is -0.437 e. The maximum Gasteiger partial charge on any atom is 0.243 e. The van der Waals surface area contributed by atoms with Crippen molar-refractivity contribution in [1.82, 2.24) is 15.0 Å². The summed E-state index contributed by atoms with van der Waals surface area (Å²) in [5.41, 5.74) is 3.23. The van der Waals surface area contributed by atoms with Gasteiger partial charge in [-0.15, -0.1) is 0 Å². The lowest BCUT2D eigenvalue weighted by Gasteiger charge is -2.22. The number of H-pyrrole nitrogens is 1. The largest absolute Gasteiger partial charge is 0.437 e. The summed E-state index contributed by atoms with van der Waals surface area (Å²) in [5.74, 6) is 1.77. The first-order chi connectivity index (χ1) is 13.8. The van der Waals surface area contributed by atoms with E-state index in [4.69, 9.17) is 27.9 Å². The molecule has 4 aromatic rings. The lowest BCUT2D eigenvalue weighted by atomic mass is 9.86. The van der Waals surface area contributed by atoms with Crippen LogP contribution in [0.5, 0.6) is 11.6 Å². The van der Waals surface area contributed by atoms with Crippen molar-refractivity contribution in [2.24, 2.45) is 0 Å². The predicted octanol–water partition coefficient (Wildman–Crippen LogP) is 7.10. The van der Waals surface area contributed by atoms with E-state index in [1.807, 2.05) is 30.3 Å². The Labute approximate surface area is 179 Å². The number of anilines is 2. The average Bonchev–Trinajstić information content (AvgIpc) is 3.04. The number of nitrogens with zero attached hydrogens (tertiary/aromatic N) is 2. The van der Waals surface area contributed by atoms with Crippen LogP contribution >= 0.6 is 23.2 Å². The van der Waals surface area contributed by atoms with Crippen LogP contribution in [0.25, 0.3) is 11.0 Å². The first-order valence-corrected chi connectivity index (χ1v) is 9.91. The highest BCUT2D eigenvalue weighted by molar-refractivity contribution is 6.42. The number of hydrogen-bond donors (Lipinski definition) is 2. The number of pyridine rings is 1. The maximum absolute atomic E-state index is 6.19. The Bertz CT molecular complexity index is 1140. The second-order valence-electron chi connectivity index (χ2n) is 7.70. The van der Waals surface area contributed by atoms with Gasteiger partial charge in [-0.2, -0.15) is 0 Å². The fraction of sp³-hybridized carbons (Fsp3) is 0.182. The van der Waals surface area contributed by atoms with Crippen LogP contribution in [-0.2, 0) is 5.41 Å². The molecule has 2 aromatic carbocycles. The number of ether oxygens (including phenoxy) is 1. The van der Waals surface area contributed by atoms with Crippen LogP contribution in [0.2, 0.25) is 10.0 Å². The van der Waals surface area contributed by atoms with Crippen molar-refractivity contribution >= 4 is 45.9 Å². The number of benzene rings is 2. The number of rotatable bonds is 4. The van der Waals surface area contributed by atoms with Gasteiger partial charge in [0.15, 0.2) is 0 Å². The number of para-hydroxylation sites is 1. The Morgan fingerprint density at radius 2 is 1.76 bits per heavy atom. The van der Waals surface area contributed by atoms with Crippen LogP contribution in [0, 0.1) is 0 Å². The van der Waals surface area contributed by atoms with Crippen LogP contribution in [-0.4, -0.2) is 15.0 Å². The molecular formula is C22H20Cl2N4O. The third-order valence-electron chi connectivity index (χ3n) is 4.45. The Balaban J connectivity index is 1.67. The fourth-order valence-electron chi connectivity index (χ4n) is 3.04. The van der Waals surface area contributed by atoms with E-state index in [-0.39, 0.29) is 5.41 Å². The number of fused-ring (bicyclic) bond motifs is 1. The van der Waals surface area contributed by atoms with E-state index < -0.39 is 0 Å². The molecule has 4 rings (SSSR count). The summed E-state index contributed by atoms with van der Waals surface area (Å²) in [4.78, 5) is 12.1.